The Labute approximate surface area is 91.5 Å². The van der Waals surface area contributed by atoms with Gasteiger partial charge in [-0.3, -0.25) is 4.68 Å². The van der Waals surface area contributed by atoms with Crippen LogP contribution in [0.1, 0.15) is 27.7 Å². The molecule has 0 amide bonds. The van der Waals surface area contributed by atoms with Crippen molar-refractivity contribution >= 4 is 13.1 Å². The zero-order valence-corrected chi connectivity index (χ0v) is 9.98. The van der Waals surface area contributed by atoms with E-state index in [-0.39, 0.29) is 0 Å². The third kappa shape index (κ3) is 2.82. The second-order valence-electron chi connectivity index (χ2n) is 4.68. The van der Waals surface area contributed by atoms with E-state index in [0.29, 0.717) is 0 Å². The summed E-state index contributed by atoms with van der Waals surface area (Å²) in [6, 6.07) is 1.85. The largest absolute Gasteiger partial charge is 0.425 e. The van der Waals surface area contributed by atoms with Crippen LogP contribution < -0.4 is 5.59 Å². The van der Waals surface area contributed by atoms with Gasteiger partial charge in [0.25, 0.3) is 0 Å². The van der Waals surface area contributed by atoms with E-state index in [1.807, 2.05) is 27.0 Å². The molecule has 0 unspecified atom stereocenters. The molecular weight excluding hydrogens is 191 g/mol. The van der Waals surface area contributed by atoms with Crippen LogP contribution in [-0.2, 0) is 11.7 Å². The van der Waals surface area contributed by atoms with Crippen molar-refractivity contribution in [3.63, 3.8) is 0 Å². The van der Waals surface area contributed by atoms with Crippen LogP contribution in [0, 0.1) is 0 Å². The Morgan fingerprint density at radius 3 is 2.40 bits per heavy atom. The standard InChI is InChI=1S/C10H18BN2O2/c1-9(2,14)10(3,4)15-11-8-6-7-12-13(8)5/h6-7,14H,1-5H3. The quantitative estimate of drug-likeness (QED) is 0.722. The lowest BCUT2D eigenvalue weighted by Gasteiger charge is -2.37. The predicted molar refractivity (Wildman–Crippen MR) is 60.1 cm³/mol. The van der Waals surface area contributed by atoms with Crippen LogP contribution in [-0.4, -0.2) is 33.6 Å². The Kier molecular flexibility index (Phi) is 3.26. The molecule has 83 valence electrons. The summed E-state index contributed by atoms with van der Waals surface area (Å²) in [6.45, 7) is 7.15. The molecule has 15 heavy (non-hydrogen) atoms. The summed E-state index contributed by atoms with van der Waals surface area (Å²) >= 11 is 0. The van der Waals surface area contributed by atoms with Crippen molar-refractivity contribution in [2.24, 2.45) is 7.05 Å². The summed E-state index contributed by atoms with van der Waals surface area (Å²) in [4.78, 5) is 0. The molecule has 5 heteroatoms. The number of hydrogen-bond donors (Lipinski definition) is 1. The van der Waals surface area contributed by atoms with Crippen LogP contribution in [0.3, 0.4) is 0 Å². The van der Waals surface area contributed by atoms with Crippen molar-refractivity contribution in [1.29, 1.82) is 0 Å². The van der Waals surface area contributed by atoms with Crippen LogP contribution >= 0.6 is 0 Å². The summed E-state index contributed by atoms with van der Waals surface area (Å²) in [5.74, 6) is 0. The highest BCUT2D eigenvalue weighted by Crippen LogP contribution is 2.24. The number of aromatic nitrogens is 2. The fourth-order valence-corrected chi connectivity index (χ4v) is 0.852. The monoisotopic (exact) mass is 209 g/mol. The summed E-state index contributed by atoms with van der Waals surface area (Å²) in [5, 5.41) is 13.9. The minimum atomic E-state index is -0.901. The van der Waals surface area contributed by atoms with Crippen molar-refractivity contribution in [2.75, 3.05) is 0 Å². The molecular formula is C10H18BN2O2. The second kappa shape index (κ2) is 3.98. The molecule has 0 aliphatic carbocycles. The van der Waals surface area contributed by atoms with E-state index in [1.54, 1.807) is 32.2 Å². The summed E-state index contributed by atoms with van der Waals surface area (Å²) in [6.07, 6.45) is 1.70. The van der Waals surface area contributed by atoms with Gasteiger partial charge in [-0.1, -0.05) is 0 Å². The molecule has 1 aromatic rings. The Balaban J connectivity index is 2.61. The zero-order valence-electron chi connectivity index (χ0n) is 9.98. The van der Waals surface area contributed by atoms with Gasteiger partial charge in [0.1, 0.15) is 0 Å². The molecule has 0 spiro atoms. The average Bonchev–Trinajstić information content (AvgIpc) is 2.46. The molecule has 0 aromatic carbocycles. The molecule has 0 bridgehead atoms. The van der Waals surface area contributed by atoms with E-state index < -0.39 is 11.2 Å². The van der Waals surface area contributed by atoms with Crippen molar-refractivity contribution in [3.8, 4) is 0 Å². The van der Waals surface area contributed by atoms with Crippen LogP contribution in [0.4, 0.5) is 0 Å². The topological polar surface area (TPSA) is 47.3 Å². The Bertz CT molecular complexity index is 328. The fraction of sp³-hybridized carbons (Fsp3) is 0.700. The van der Waals surface area contributed by atoms with E-state index in [4.69, 9.17) is 4.65 Å². The highest BCUT2D eigenvalue weighted by atomic mass is 16.5. The first kappa shape index (κ1) is 12.3. The molecule has 1 N–H and O–H groups in total. The van der Waals surface area contributed by atoms with Crippen LogP contribution in [0.2, 0.25) is 0 Å². The molecule has 0 saturated carbocycles. The molecule has 0 atom stereocenters. The van der Waals surface area contributed by atoms with E-state index in [1.165, 1.54) is 0 Å². The molecule has 4 nitrogen and oxygen atoms in total. The predicted octanol–water partition coefficient (Wildman–Crippen LogP) is 0.231. The Hall–Kier alpha value is -0.805. The van der Waals surface area contributed by atoms with Crippen molar-refractivity contribution < 1.29 is 9.76 Å². The SMILES string of the molecule is Cn1nccc1[B]OC(C)(C)C(C)(C)O. The third-order valence-electron chi connectivity index (χ3n) is 2.81. The molecule has 0 saturated heterocycles. The van der Waals surface area contributed by atoms with Crippen LogP contribution in [0.15, 0.2) is 12.3 Å². The minimum Gasteiger partial charge on any atom is -0.425 e. The normalized spacial score (nSPS) is 12.9. The van der Waals surface area contributed by atoms with Crippen LogP contribution in [0.5, 0.6) is 0 Å². The first-order valence-corrected chi connectivity index (χ1v) is 4.95. The Morgan fingerprint density at radius 1 is 1.40 bits per heavy atom. The summed E-state index contributed by atoms with van der Waals surface area (Å²) in [7, 11) is 3.46. The lowest BCUT2D eigenvalue weighted by atomic mass is 9.85. The summed E-state index contributed by atoms with van der Waals surface area (Å²) < 4.78 is 7.29. The average molecular weight is 209 g/mol. The van der Waals surface area contributed by atoms with E-state index in [2.05, 4.69) is 5.10 Å². The van der Waals surface area contributed by atoms with Gasteiger partial charge in [-0.15, -0.1) is 0 Å². The van der Waals surface area contributed by atoms with Crippen molar-refractivity contribution in [1.82, 2.24) is 9.78 Å². The maximum absolute atomic E-state index is 9.88. The first-order valence-electron chi connectivity index (χ1n) is 4.95. The minimum absolute atomic E-state index is 0.642. The fourth-order valence-electron chi connectivity index (χ4n) is 0.852. The Morgan fingerprint density at radius 2 is 2.00 bits per heavy atom. The van der Waals surface area contributed by atoms with Gasteiger partial charge in [0.05, 0.1) is 11.2 Å². The number of aliphatic hydroxyl groups is 1. The third-order valence-corrected chi connectivity index (χ3v) is 2.81. The smallest absolute Gasteiger partial charge is 0.351 e. The highest BCUT2D eigenvalue weighted by molar-refractivity contribution is 6.45. The van der Waals surface area contributed by atoms with Crippen molar-refractivity contribution in [3.05, 3.63) is 12.3 Å². The maximum atomic E-state index is 9.88. The molecule has 0 fully saturated rings. The number of aryl methyl sites for hydroxylation is 1. The molecule has 1 aromatic heterocycles. The van der Waals surface area contributed by atoms with Gasteiger partial charge < -0.3 is 9.76 Å². The van der Waals surface area contributed by atoms with Gasteiger partial charge >= 0.3 is 7.48 Å². The lowest BCUT2D eigenvalue weighted by molar-refractivity contribution is -0.0894. The van der Waals surface area contributed by atoms with Gasteiger partial charge in [-0.05, 0) is 33.8 Å². The lowest BCUT2D eigenvalue weighted by Crippen LogP contribution is -2.49. The zero-order chi connectivity index (χ0) is 11.7. The van der Waals surface area contributed by atoms with Gasteiger partial charge in [0, 0.05) is 18.8 Å². The number of hydrogen-bond acceptors (Lipinski definition) is 3. The van der Waals surface area contributed by atoms with Crippen molar-refractivity contribution in [2.45, 2.75) is 38.9 Å². The van der Waals surface area contributed by atoms with E-state index >= 15 is 0 Å². The molecule has 1 heterocycles. The summed E-state index contributed by atoms with van der Waals surface area (Å²) in [5.41, 5.74) is -0.674. The molecule has 1 radical (unpaired) electrons. The first-order chi connectivity index (χ1) is 6.74. The molecule has 0 aliphatic heterocycles. The van der Waals surface area contributed by atoms with Gasteiger partial charge in [0.15, 0.2) is 0 Å². The van der Waals surface area contributed by atoms with E-state index in [0.717, 1.165) is 5.59 Å². The number of nitrogens with zero attached hydrogens (tertiary/aromatic N) is 2. The van der Waals surface area contributed by atoms with Crippen LogP contribution in [0.25, 0.3) is 0 Å². The van der Waals surface area contributed by atoms with Gasteiger partial charge in [0.2, 0.25) is 0 Å². The van der Waals surface area contributed by atoms with E-state index in [9.17, 15) is 5.11 Å². The molecule has 1 rings (SSSR count). The highest BCUT2D eigenvalue weighted by Gasteiger charge is 2.35. The van der Waals surface area contributed by atoms with Gasteiger partial charge in [-0.25, -0.2) is 0 Å². The maximum Gasteiger partial charge on any atom is 0.351 e. The molecule has 0 aliphatic rings. The number of rotatable bonds is 4. The van der Waals surface area contributed by atoms with Gasteiger partial charge in [-0.2, -0.15) is 5.10 Å². The second-order valence-corrected chi connectivity index (χ2v) is 4.68.